The van der Waals surface area contributed by atoms with Gasteiger partial charge in [0, 0.05) is 5.56 Å². The first kappa shape index (κ1) is 11.0. The highest BCUT2D eigenvalue weighted by Gasteiger charge is 2.16. The standard InChI is InChI=1S/C13H16O3/c14-9-10-6-7-13(12(15)8-10)16-11-4-2-1-3-5-11/h6-9,11,15H,1-5H2. The summed E-state index contributed by atoms with van der Waals surface area (Å²) in [6.45, 7) is 0. The molecule has 0 radical (unpaired) electrons. The van der Waals surface area contributed by atoms with Gasteiger partial charge in [-0.1, -0.05) is 6.42 Å². The van der Waals surface area contributed by atoms with Gasteiger partial charge < -0.3 is 9.84 Å². The lowest BCUT2D eigenvalue weighted by Gasteiger charge is -2.23. The number of carbonyl (C=O) groups is 1. The summed E-state index contributed by atoms with van der Waals surface area (Å²) < 4.78 is 5.72. The molecular formula is C13H16O3. The lowest BCUT2D eigenvalue weighted by atomic mass is 9.98. The van der Waals surface area contributed by atoms with E-state index in [1.807, 2.05) is 0 Å². The molecule has 16 heavy (non-hydrogen) atoms. The summed E-state index contributed by atoms with van der Waals surface area (Å²) in [5.41, 5.74) is 0.466. The zero-order chi connectivity index (χ0) is 11.4. The van der Waals surface area contributed by atoms with Gasteiger partial charge in [0.1, 0.15) is 6.29 Å². The zero-order valence-electron chi connectivity index (χ0n) is 9.19. The molecule has 0 atom stereocenters. The van der Waals surface area contributed by atoms with E-state index in [0.717, 1.165) is 12.8 Å². The van der Waals surface area contributed by atoms with Crippen molar-refractivity contribution in [3.05, 3.63) is 23.8 Å². The molecule has 1 fully saturated rings. The second-order valence-electron chi connectivity index (χ2n) is 4.22. The van der Waals surface area contributed by atoms with Crippen LogP contribution in [0.3, 0.4) is 0 Å². The second kappa shape index (κ2) is 5.01. The fourth-order valence-electron chi connectivity index (χ4n) is 2.07. The Hall–Kier alpha value is -1.51. The van der Waals surface area contributed by atoms with Crippen molar-refractivity contribution >= 4 is 6.29 Å². The highest BCUT2D eigenvalue weighted by atomic mass is 16.5. The third kappa shape index (κ3) is 2.54. The van der Waals surface area contributed by atoms with E-state index in [2.05, 4.69) is 0 Å². The minimum Gasteiger partial charge on any atom is -0.504 e. The Bertz CT molecular complexity index is 367. The molecule has 0 aromatic heterocycles. The molecule has 1 aromatic rings. The lowest BCUT2D eigenvalue weighted by molar-refractivity contribution is 0.112. The van der Waals surface area contributed by atoms with Crippen molar-refractivity contribution in [3.8, 4) is 11.5 Å². The van der Waals surface area contributed by atoms with Gasteiger partial charge in [-0.25, -0.2) is 0 Å². The molecule has 3 nitrogen and oxygen atoms in total. The first-order chi connectivity index (χ1) is 7.79. The molecule has 0 amide bonds. The molecular weight excluding hydrogens is 204 g/mol. The molecule has 1 aromatic carbocycles. The molecule has 0 unspecified atom stereocenters. The van der Waals surface area contributed by atoms with Crippen molar-refractivity contribution < 1.29 is 14.6 Å². The molecule has 0 bridgehead atoms. The summed E-state index contributed by atoms with van der Waals surface area (Å²) in [6.07, 6.45) is 6.68. The largest absolute Gasteiger partial charge is 0.504 e. The van der Waals surface area contributed by atoms with Crippen molar-refractivity contribution in [1.82, 2.24) is 0 Å². The Labute approximate surface area is 95.0 Å². The van der Waals surface area contributed by atoms with Crippen molar-refractivity contribution in [2.75, 3.05) is 0 Å². The quantitative estimate of drug-likeness (QED) is 0.797. The summed E-state index contributed by atoms with van der Waals surface area (Å²) in [5, 5.41) is 9.67. The molecule has 1 N–H and O–H groups in total. The smallest absolute Gasteiger partial charge is 0.161 e. The Morgan fingerprint density at radius 2 is 2.00 bits per heavy atom. The number of hydrogen-bond acceptors (Lipinski definition) is 3. The highest BCUT2D eigenvalue weighted by Crippen LogP contribution is 2.30. The number of aromatic hydroxyl groups is 1. The van der Waals surface area contributed by atoms with Crippen LogP contribution in [0, 0.1) is 0 Å². The Balaban J connectivity index is 2.05. The van der Waals surface area contributed by atoms with E-state index in [1.165, 1.54) is 25.3 Å². The SMILES string of the molecule is O=Cc1ccc(OC2CCCCC2)c(O)c1. The average Bonchev–Trinajstić information content (AvgIpc) is 2.33. The number of hydrogen-bond donors (Lipinski definition) is 1. The third-order valence-electron chi connectivity index (χ3n) is 2.96. The monoisotopic (exact) mass is 220 g/mol. The molecule has 3 heteroatoms. The summed E-state index contributed by atoms with van der Waals surface area (Å²) in [4.78, 5) is 10.5. The van der Waals surface area contributed by atoms with Crippen LogP contribution in [-0.2, 0) is 0 Å². The number of ether oxygens (including phenoxy) is 1. The zero-order valence-corrected chi connectivity index (χ0v) is 9.19. The van der Waals surface area contributed by atoms with Gasteiger partial charge in [-0.05, 0) is 43.9 Å². The van der Waals surface area contributed by atoms with Gasteiger partial charge in [-0.3, -0.25) is 4.79 Å². The minimum absolute atomic E-state index is 0.0511. The van der Waals surface area contributed by atoms with Crippen molar-refractivity contribution in [1.29, 1.82) is 0 Å². The summed E-state index contributed by atoms with van der Waals surface area (Å²) in [5.74, 6) is 0.535. The van der Waals surface area contributed by atoms with Crippen LogP contribution in [0.5, 0.6) is 11.5 Å². The Kier molecular flexibility index (Phi) is 3.44. The number of rotatable bonds is 3. The van der Waals surface area contributed by atoms with Gasteiger partial charge in [0.05, 0.1) is 6.10 Å². The van der Waals surface area contributed by atoms with E-state index in [1.54, 1.807) is 12.1 Å². The van der Waals surface area contributed by atoms with E-state index >= 15 is 0 Å². The fraction of sp³-hybridized carbons (Fsp3) is 0.462. The predicted molar refractivity (Wildman–Crippen MR) is 61.0 cm³/mol. The van der Waals surface area contributed by atoms with Gasteiger partial charge >= 0.3 is 0 Å². The average molecular weight is 220 g/mol. The lowest BCUT2D eigenvalue weighted by Crippen LogP contribution is -2.19. The van der Waals surface area contributed by atoms with Crippen LogP contribution < -0.4 is 4.74 Å². The summed E-state index contributed by atoms with van der Waals surface area (Å²) in [6, 6.07) is 4.75. The van der Waals surface area contributed by atoms with Crippen LogP contribution >= 0.6 is 0 Å². The van der Waals surface area contributed by atoms with Crippen LogP contribution in [0.25, 0.3) is 0 Å². The van der Waals surface area contributed by atoms with Crippen molar-refractivity contribution in [3.63, 3.8) is 0 Å². The van der Waals surface area contributed by atoms with Gasteiger partial charge in [0.15, 0.2) is 11.5 Å². The number of phenols is 1. The van der Waals surface area contributed by atoms with E-state index in [4.69, 9.17) is 4.74 Å². The summed E-state index contributed by atoms with van der Waals surface area (Å²) in [7, 11) is 0. The highest BCUT2D eigenvalue weighted by molar-refractivity contribution is 5.76. The van der Waals surface area contributed by atoms with Crippen molar-refractivity contribution in [2.24, 2.45) is 0 Å². The molecule has 1 saturated carbocycles. The van der Waals surface area contributed by atoms with Gasteiger partial charge in [0.25, 0.3) is 0 Å². The first-order valence-corrected chi connectivity index (χ1v) is 5.74. The topological polar surface area (TPSA) is 46.5 Å². The molecule has 86 valence electrons. The van der Waals surface area contributed by atoms with Crippen LogP contribution in [0.2, 0.25) is 0 Å². The number of aldehydes is 1. The van der Waals surface area contributed by atoms with Crippen LogP contribution in [0.15, 0.2) is 18.2 Å². The maximum Gasteiger partial charge on any atom is 0.161 e. The van der Waals surface area contributed by atoms with Crippen LogP contribution in [0.1, 0.15) is 42.5 Å². The normalized spacial score (nSPS) is 17.0. The van der Waals surface area contributed by atoms with E-state index < -0.39 is 0 Å². The molecule has 0 saturated heterocycles. The van der Waals surface area contributed by atoms with E-state index in [9.17, 15) is 9.90 Å². The number of carbonyl (C=O) groups excluding carboxylic acids is 1. The molecule has 0 aliphatic heterocycles. The second-order valence-corrected chi connectivity index (χ2v) is 4.22. The number of phenolic OH excluding ortho intramolecular Hbond substituents is 1. The Morgan fingerprint density at radius 3 is 2.62 bits per heavy atom. The van der Waals surface area contributed by atoms with Gasteiger partial charge in [-0.2, -0.15) is 0 Å². The van der Waals surface area contributed by atoms with Gasteiger partial charge in [-0.15, -0.1) is 0 Å². The van der Waals surface area contributed by atoms with Gasteiger partial charge in [0.2, 0.25) is 0 Å². The first-order valence-electron chi connectivity index (χ1n) is 5.74. The fourth-order valence-corrected chi connectivity index (χ4v) is 2.07. The Morgan fingerprint density at radius 1 is 1.25 bits per heavy atom. The molecule has 0 heterocycles. The maximum absolute atomic E-state index is 10.5. The van der Waals surface area contributed by atoms with Crippen molar-refractivity contribution in [2.45, 2.75) is 38.2 Å². The molecule has 1 aliphatic carbocycles. The molecule has 1 aliphatic rings. The van der Waals surface area contributed by atoms with Crippen LogP contribution in [-0.4, -0.2) is 17.5 Å². The minimum atomic E-state index is 0.0511. The van der Waals surface area contributed by atoms with E-state index in [0.29, 0.717) is 17.6 Å². The predicted octanol–water partition coefficient (Wildman–Crippen LogP) is 2.92. The van der Waals surface area contributed by atoms with Crippen LogP contribution in [0.4, 0.5) is 0 Å². The maximum atomic E-state index is 10.5. The summed E-state index contributed by atoms with van der Waals surface area (Å²) >= 11 is 0. The van der Waals surface area contributed by atoms with E-state index in [-0.39, 0.29) is 11.9 Å². The number of benzene rings is 1. The molecule has 2 rings (SSSR count). The third-order valence-corrected chi connectivity index (χ3v) is 2.96. The molecule has 0 spiro atoms.